The molecule has 0 bridgehead atoms. The number of aromatic nitrogens is 3. The molecule has 4 aromatic rings. The zero-order chi connectivity index (χ0) is 30.8. The number of methoxy groups -OCH3 is 1. The summed E-state index contributed by atoms with van der Waals surface area (Å²) in [6, 6.07) is 5.03. The molecule has 1 aliphatic carbocycles. The summed E-state index contributed by atoms with van der Waals surface area (Å²) in [4.78, 5) is 33.7. The van der Waals surface area contributed by atoms with Crippen LogP contribution in [0, 0.1) is 17.5 Å². The molecule has 0 spiro atoms. The van der Waals surface area contributed by atoms with Crippen molar-refractivity contribution in [3.8, 4) is 17.0 Å². The van der Waals surface area contributed by atoms with Gasteiger partial charge in [0.1, 0.15) is 23.2 Å². The minimum absolute atomic E-state index is 0.0414. The van der Waals surface area contributed by atoms with Crippen molar-refractivity contribution in [3.05, 3.63) is 81.9 Å². The Morgan fingerprint density at radius 3 is 2.58 bits per heavy atom. The summed E-state index contributed by atoms with van der Waals surface area (Å²) in [5.74, 6) is -4.56. The van der Waals surface area contributed by atoms with Crippen LogP contribution in [-0.2, 0) is 30.4 Å². The molecule has 224 valence electrons. The Morgan fingerprint density at radius 2 is 1.86 bits per heavy atom. The predicted molar refractivity (Wildman–Crippen MR) is 140 cm³/mol. The zero-order valence-corrected chi connectivity index (χ0v) is 22.8. The van der Waals surface area contributed by atoms with Crippen LogP contribution < -0.4 is 4.74 Å². The number of carbonyl (C=O) groups is 2. The molecular weight excluding hydrogens is 580 g/mol. The number of nitrogens with zero attached hydrogens (tertiary/aromatic N) is 5. The van der Waals surface area contributed by atoms with Gasteiger partial charge in [-0.05, 0) is 49.6 Å². The van der Waals surface area contributed by atoms with Gasteiger partial charge in [-0.15, -0.1) is 0 Å². The first-order chi connectivity index (χ1) is 20.4. The van der Waals surface area contributed by atoms with Crippen LogP contribution in [0.2, 0.25) is 0 Å². The van der Waals surface area contributed by atoms with E-state index >= 15 is 0 Å². The first-order valence-electron chi connectivity index (χ1n) is 13.3. The summed E-state index contributed by atoms with van der Waals surface area (Å²) in [6.07, 6.45) is -3.46. The Kier molecular flexibility index (Phi) is 6.81. The van der Waals surface area contributed by atoms with E-state index in [-0.39, 0.29) is 47.5 Å². The first-order valence-corrected chi connectivity index (χ1v) is 13.3. The van der Waals surface area contributed by atoms with Crippen molar-refractivity contribution < 1.29 is 40.7 Å². The van der Waals surface area contributed by atoms with E-state index in [1.54, 1.807) is 18.2 Å². The maximum Gasteiger partial charge on any atom is 0.433 e. The Morgan fingerprint density at radius 1 is 1.09 bits per heavy atom. The van der Waals surface area contributed by atoms with Crippen molar-refractivity contribution >= 4 is 17.5 Å². The molecule has 2 aliphatic rings. The van der Waals surface area contributed by atoms with Gasteiger partial charge in [-0.1, -0.05) is 0 Å². The van der Waals surface area contributed by atoms with Gasteiger partial charge in [0.15, 0.2) is 23.0 Å². The molecule has 0 saturated carbocycles. The maximum atomic E-state index is 14.5. The molecule has 0 N–H and O–H groups in total. The van der Waals surface area contributed by atoms with Gasteiger partial charge in [0, 0.05) is 42.4 Å². The number of rotatable bonds is 4. The highest BCUT2D eigenvalue weighted by Gasteiger charge is 2.42. The maximum absolute atomic E-state index is 14.5. The van der Waals surface area contributed by atoms with Crippen LogP contribution in [0.1, 0.15) is 39.7 Å². The molecule has 2 amide bonds. The number of amides is 2. The van der Waals surface area contributed by atoms with Crippen LogP contribution in [0.4, 0.5) is 26.3 Å². The van der Waals surface area contributed by atoms with Crippen molar-refractivity contribution in [3.63, 3.8) is 0 Å². The molecule has 3 heterocycles. The topological polar surface area (TPSA) is 80.0 Å². The largest absolute Gasteiger partial charge is 0.497 e. The Bertz CT molecular complexity index is 1800. The van der Waals surface area contributed by atoms with Crippen LogP contribution in [0.25, 0.3) is 16.9 Å². The second kappa shape index (κ2) is 10.3. The number of halogens is 6. The standard InChI is InChI=1S/C29H23F6N5O3/c1-14-27(41)38(13-16-9-17(30)11-22(31)23(16)32)7-8-39(14)28(42)21-12-36-40-25(29(33,34)35)20-5-3-15-10-18(43-2)4-6-19(15)24(20)37-26(21)40/h4,6,9-12,14H,3,5,7-8,13H2,1-2H3/t14-/m1/s1. The molecule has 6 rings (SSSR count). The third-order valence-electron chi connectivity index (χ3n) is 7.89. The lowest BCUT2D eigenvalue weighted by Crippen LogP contribution is -2.57. The van der Waals surface area contributed by atoms with Crippen molar-refractivity contribution in [2.75, 3.05) is 20.2 Å². The quantitative estimate of drug-likeness (QED) is 0.247. The van der Waals surface area contributed by atoms with Crippen LogP contribution in [0.3, 0.4) is 0 Å². The molecule has 0 radical (unpaired) electrons. The van der Waals surface area contributed by atoms with Gasteiger partial charge in [0.05, 0.1) is 19.0 Å². The second-order valence-electron chi connectivity index (χ2n) is 10.4. The molecule has 1 aliphatic heterocycles. The molecule has 2 aromatic heterocycles. The van der Waals surface area contributed by atoms with E-state index in [0.717, 1.165) is 27.6 Å². The van der Waals surface area contributed by atoms with Gasteiger partial charge in [-0.3, -0.25) is 9.59 Å². The number of hydrogen-bond donors (Lipinski definition) is 0. The highest BCUT2D eigenvalue weighted by atomic mass is 19.4. The average Bonchev–Trinajstić information content (AvgIpc) is 3.38. The van der Waals surface area contributed by atoms with Crippen LogP contribution in [0.5, 0.6) is 5.75 Å². The molecule has 1 saturated heterocycles. The first kappa shape index (κ1) is 28.5. The fourth-order valence-corrected chi connectivity index (χ4v) is 5.77. The van der Waals surface area contributed by atoms with E-state index in [2.05, 4.69) is 10.1 Å². The number of carbonyl (C=O) groups excluding carboxylic acids is 2. The SMILES string of the molecule is COc1ccc2c(c1)CCc1c-2nc2c(C(=O)N3CCN(Cc4cc(F)cc(F)c4F)C(=O)[C@H]3C)cnn2c1C(F)(F)F. The summed E-state index contributed by atoms with van der Waals surface area (Å²) in [7, 11) is 1.48. The van der Waals surface area contributed by atoms with Crippen LogP contribution >= 0.6 is 0 Å². The molecule has 1 atom stereocenters. The van der Waals surface area contributed by atoms with E-state index in [1.165, 1.54) is 14.0 Å². The summed E-state index contributed by atoms with van der Waals surface area (Å²) in [6.45, 7) is 0.773. The van der Waals surface area contributed by atoms with E-state index < -0.39 is 53.7 Å². The zero-order valence-electron chi connectivity index (χ0n) is 22.8. The van der Waals surface area contributed by atoms with Gasteiger partial charge >= 0.3 is 6.18 Å². The number of fused-ring (bicyclic) bond motifs is 4. The van der Waals surface area contributed by atoms with Crippen LogP contribution in [-0.4, -0.2) is 62.5 Å². The number of ether oxygens (including phenoxy) is 1. The minimum Gasteiger partial charge on any atom is -0.497 e. The third kappa shape index (κ3) is 4.74. The smallest absolute Gasteiger partial charge is 0.433 e. The van der Waals surface area contributed by atoms with E-state index in [0.29, 0.717) is 28.3 Å². The van der Waals surface area contributed by atoms with Crippen molar-refractivity contribution in [1.82, 2.24) is 24.4 Å². The van der Waals surface area contributed by atoms with Crippen LogP contribution in [0.15, 0.2) is 36.5 Å². The number of piperazine rings is 1. The molecule has 8 nitrogen and oxygen atoms in total. The monoisotopic (exact) mass is 603 g/mol. The second-order valence-corrected chi connectivity index (χ2v) is 10.4. The molecular formula is C29H23F6N5O3. The molecule has 2 aromatic carbocycles. The third-order valence-corrected chi connectivity index (χ3v) is 7.89. The Labute approximate surface area is 240 Å². The van der Waals surface area contributed by atoms with Gasteiger partial charge < -0.3 is 14.5 Å². The van der Waals surface area contributed by atoms with Gasteiger partial charge in [-0.2, -0.15) is 18.3 Å². The fraction of sp³-hybridized carbons (Fsp3) is 0.310. The van der Waals surface area contributed by atoms with Crippen molar-refractivity contribution in [2.24, 2.45) is 0 Å². The highest BCUT2D eigenvalue weighted by Crippen LogP contribution is 2.42. The van der Waals surface area contributed by atoms with Crippen molar-refractivity contribution in [2.45, 2.75) is 38.5 Å². The minimum atomic E-state index is -4.82. The number of aryl methyl sites for hydroxylation is 1. The summed E-state index contributed by atoms with van der Waals surface area (Å²) < 4.78 is 90.8. The van der Waals surface area contributed by atoms with E-state index in [1.807, 2.05) is 0 Å². The van der Waals surface area contributed by atoms with Gasteiger partial charge in [0.25, 0.3) is 5.91 Å². The summed E-state index contributed by atoms with van der Waals surface area (Å²) in [5.41, 5.74) is -0.700. The lowest BCUT2D eigenvalue weighted by molar-refractivity contribution is -0.143. The number of hydrogen-bond acceptors (Lipinski definition) is 5. The molecule has 43 heavy (non-hydrogen) atoms. The van der Waals surface area contributed by atoms with E-state index in [9.17, 15) is 35.9 Å². The van der Waals surface area contributed by atoms with Gasteiger partial charge in [-0.25, -0.2) is 22.7 Å². The van der Waals surface area contributed by atoms with Crippen molar-refractivity contribution in [1.29, 1.82) is 0 Å². The Hall–Kier alpha value is -4.62. The lowest BCUT2D eigenvalue weighted by Gasteiger charge is -2.39. The Balaban J connectivity index is 1.36. The average molecular weight is 604 g/mol. The summed E-state index contributed by atoms with van der Waals surface area (Å²) in [5, 5.41) is 3.89. The fourth-order valence-electron chi connectivity index (χ4n) is 5.77. The lowest BCUT2D eigenvalue weighted by atomic mass is 9.87. The highest BCUT2D eigenvalue weighted by molar-refractivity contribution is 6.02. The summed E-state index contributed by atoms with van der Waals surface area (Å²) >= 11 is 0. The number of alkyl halides is 3. The molecule has 14 heteroatoms. The van der Waals surface area contributed by atoms with E-state index in [4.69, 9.17) is 4.74 Å². The number of benzene rings is 2. The van der Waals surface area contributed by atoms with Gasteiger partial charge in [0.2, 0.25) is 5.91 Å². The molecule has 0 unspecified atom stereocenters. The predicted octanol–water partition coefficient (Wildman–Crippen LogP) is 4.81. The normalized spacial score (nSPS) is 16.8. The molecule has 1 fully saturated rings.